The number of methoxy groups -OCH3 is 1. The first-order valence-electron chi connectivity index (χ1n) is 9.58. The number of H-pyrrole nitrogens is 1. The summed E-state index contributed by atoms with van der Waals surface area (Å²) in [6, 6.07) is 9.73. The van der Waals surface area contributed by atoms with Crippen LogP contribution in [0.5, 0.6) is 5.75 Å². The van der Waals surface area contributed by atoms with E-state index in [1.807, 2.05) is 36.5 Å². The lowest BCUT2D eigenvalue weighted by Gasteiger charge is -2.27. The van der Waals surface area contributed by atoms with Crippen LogP contribution in [0.1, 0.15) is 16.8 Å². The highest BCUT2D eigenvalue weighted by molar-refractivity contribution is 9.10. The topological polar surface area (TPSA) is 105 Å². The number of sulfone groups is 1. The summed E-state index contributed by atoms with van der Waals surface area (Å²) in [6.07, 6.45) is 3.37. The number of hydrogen-bond acceptors (Lipinski definition) is 7. The number of nitrogens with zero attached hydrogens (tertiary/aromatic N) is 3. The number of aromatic nitrogens is 3. The lowest BCUT2D eigenvalue weighted by Crippen LogP contribution is -2.36. The monoisotopic (exact) mass is 504 g/mol. The molecule has 3 heterocycles. The highest BCUT2D eigenvalue weighted by Gasteiger charge is 2.23. The molecule has 0 aliphatic carbocycles. The first kappa shape index (κ1) is 21.7. The minimum Gasteiger partial charge on any atom is -0.496 e. The molecule has 1 aromatic carbocycles. The maximum absolute atomic E-state index is 12.4. The van der Waals surface area contributed by atoms with Crippen LogP contribution in [0.2, 0.25) is 0 Å². The Bertz CT molecular complexity index is 1290. The normalized spacial score (nSPS) is 14.3. The van der Waals surface area contributed by atoms with Gasteiger partial charge in [-0.25, -0.2) is 13.4 Å². The van der Waals surface area contributed by atoms with Crippen LogP contribution < -0.4 is 10.3 Å². The van der Waals surface area contributed by atoms with Crippen molar-refractivity contribution >= 4 is 25.8 Å². The van der Waals surface area contributed by atoms with Gasteiger partial charge >= 0.3 is 0 Å². The van der Waals surface area contributed by atoms with Crippen LogP contribution in [0.4, 0.5) is 0 Å². The van der Waals surface area contributed by atoms with E-state index in [-0.39, 0.29) is 5.16 Å². The molecular weight excluding hydrogens is 484 g/mol. The average molecular weight is 505 g/mol. The van der Waals surface area contributed by atoms with Gasteiger partial charge in [0.1, 0.15) is 5.75 Å². The maximum Gasteiger partial charge on any atom is 0.256 e. The molecule has 0 unspecified atom stereocenters. The van der Waals surface area contributed by atoms with Crippen LogP contribution in [0.15, 0.2) is 51.0 Å². The molecule has 162 valence electrons. The fourth-order valence-corrected chi connectivity index (χ4v) is 4.50. The van der Waals surface area contributed by atoms with E-state index in [0.717, 1.165) is 33.3 Å². The van der Waals surface area contributed by atoms with E-state index in [9.17, 15) is 13.2 Å². The van der Waals surface area contributed by atoms with Crippen molar-refractivity contribution in [2.45, 2.75) is 24.7 Å². The standard InChI is InChI=1S/C21H21BrN4O4S/c1-30-19-6-4-14(22)9-15(19)17-5-3-13(10-23-17)11-26-8-7-18-16(12-26)20(27)25-21(24-18)31(2,28)29/h3-6,9-10H,7-8,11-12H2,1-2H3,(H,24,25,27). The molecule has 4 rings (SSSR count). The Kier molecular flexibility index (Phi) is 5.96. The minimum atomic E-state index is -3.56. The fourth-order valence-electron chi connectivity index (χ4n) is 3.58. The maximum atomic E-state index is 12.4. The Morgan fingerprint density at radius 2 is 2.06 bits per heavy atom. The molecule has 0 spiro atoms. The van der Waals surface area contributed by atoms with Crippen molar-refractivity contribution in [2.75, 3.05) is 19.9 Å². The summed E-state index contributed by atoms with van der Waals surface area (Å²) in [5, 5.41) is -0.271. The molecule has 0 atom stereocenters. The zero-order chi connectivity index (χ0) is 22.2. The summed E-state index contributed by atoms with van der Waals surface area (Å²) in [5.41, 5.74) is 3.39. The summed E-state index contributed by atoms with van der Waals surface area (Å²) in [6.45, 7) is 1.70. The summed E-state index contributed by atoms with van der Waals surface area (Å²) < 4.78 is 29.8. The fraction of sp³-hybridized carbons (Fsp3) is 0.286. The number of aromatic amines is 1. The molecule has 8 nitrogen and oxygen atoms in total. The predicted molar refractivity (Wildman–Crippen MR) is 120 cm³/mol. The molecule has 0 saturated carbocycles. The zero-order valence-electron chi connectivity index (χ0n) is 17.1. The van der Waals surface area contributed by atoms with Crippen LogP contribution in [0.25, 0.3) is 11.3 Å². The van der Waals surface area contributed by atoms with Crippen molar-refractivity contribution in [1.82, 2.24) is 19.9 Å². The third kappa shape index (κ3) is 4.70. The van der Waals surface area contributed by atoms with Crippen LogP contribution >= 0.6 is 15.9 Å². The first-order chi connectivity index (χ1) is 14.7. The van der Waals surface area contributed by atoms with Crippen molar-refractivity contribution in [2.24, 2.45) is 0 Å². The van der Waals surface area contributed by atoms with Gasteiger partial charge in [0.25, 0.3) is 5.56 Å². The summed E-state index contributed by atoms with van der Waals surface area (Å²) in [5.74, 6) is 0.747. The smallest absolute Gasteiger partial charge is 0.256 e. The van der Waals surface area contributed by atoms with Gasteiger partial charge in [-0.15, -0.1) is 0 Å². The molecule has 1 aliphatic heterocycles. The summed E-state index contributed by atoms with van der Waals surface area (Å²) in [7, 11) is -1.93. The van der Waals surface area contributed by atoms with Crippen molar-refractivity contribution in [1.29, 1.82) is 0 Å². The number of hydrogen-bond donors (Lipinski definition) is 1. The largest absolute Gasteiger partial charge is 0.496 e. The van der Waals surface area contributed by atoms with Gasteiger partial charge in [-0.05, 0) is 29.8 Å². The van der Waals surface area contributed by atoms with Crippen molar-refractivity contribution in [3.8, 4) is 17.0 Å². The lowest BCUT2D eigenvalue weighted by atomic mass is 10.1. The van der Waals surface area contributed by atoms with Gasteiger partial charge in [-0.3, -0.25) is 19.7 Å². The Balaban J connectivity index is 1.52. The molecule has 0 bridgehead atoms. The van der Waals surface area contributed by atoms with Crippen molar-refractivity contribution in [3.05, 3.63) is 68.2 Å². The second kappa shape index (κ2) is 8.52. The van der Waals surface area contributed by atoms with Gasteiger partial charge in [0.15, 0.2) is 0 Å². The number of halogens is 1. The Morgan fingerprint density at radius 3 is 2.74 bits per heavy atom. The lowest BCUT2D eigenvalue weighted by molar-refractivity contribution is 0.240. The van der Waals surface area contributed by atoms with Crippen molar-refractivity contribution < 1.29 is 13.2 Å². The zero-order valence-corrected chi connectivity index (χ0v) is 19.5. The van der Waals surface area contributed by atoms with E-state index in [0.29, 0.717) is 37.3 Å². The van der Waals surface area contributed by atoms with E-state index >= 15 is 0 Å². The number of fused-ring (bicyclic) bond motifs is 1. The second-order valence-corrected chi connectivity index (χ2v) is 10.3. The highest BCUT2D eigenvalue weighted by Crippen LogP contribution is 2.31. The molecule has 2 aromatic heterocycles. The van der Waals surface area contributed by atoms with E-state index in [2.05, 4.69) is 35.8 Å². The molecule has 1 aliphatic rings. The quantitative estimate of drug-likeness (QED) is 0.532. The van der Waals surface area contributed by atoms with E-state index < -0.39 is 15.4 Å². The number of nitrogens with one attached hydrogen (secondary N) is 1. The molecule has 0 radical (unpaired) electrons. The van der Waals surface area contributed by atoms with E-state index in [1.54, 1.807) is 7.11 Å². The average Bonchev–Trinajstić information content (AvgIpc) is 2.74. The summed E-state index contributed by atoms with van der Waals surface area (Å²) >= 11 is 3.48. The molecule has 1 N–H and O–H groups in total. The number of ether oxygens (including phenoxy) is 1. The Hall–Kier alpha value is -2.56. The Morgan fingerprint density at radius 1 is 1.26 bits per heavy atom. The van der Waals surface area contributed by atoms with Gasteiger partial charge in [0.05, 0.1) is 24.1 Å². The van der Waals surface area contributed by atoms with Gasteiger partial charge < -0.3 is 4.74 Å². The molecule has 3 aromatic rings. The van der Waals surface area contributed by atoms with Crippen LogP contribution in [-0.4, -0.2) is 48.2 Å². The van der Waals surface area contributed by atoms with Crippen molar-refractivity contribution in [3.63, 3.8) is 0 Å². The van der Waals surface area contributed by atoms with Crippen LogP contribution in [0, 0.1) is 0 Å². The van der Waals surface area contributed by atoms with Crippen LogP contribution in [0.3, 0.4) is 0 Å². The third-order valence-corrected chi connectivity index (χ3v) is 6.53. The second-order valence-electron chi connectivity index (χ2n) is 7.43. The Labute approximate surface area is 188 Å². The molecule has 0 amide bonds. The SMILES string of the molecule is COc1ccc(Br)cc1-c1ccc(CN2CCc3nc(S(C)(=O)=O)[nH]c(=O)c3C2)cn1. The molecule has 0 saturated heterocycles. The number of pyridine rings is 1. The highest BCUT2D eigenvalue weighted by atomic mass is 79.9. The molecule has 31 heavy (non-hydrogen) atoms. The molecular formula is C21H21BrN4O4S. The summed E-state index contributed by atoms with van der Waals surface area (Å²) in [4.78, 5) is 25.7. The van der Waals surface area contributed by atoms with E-state index in [4.69, 9.17) is 4.74 Å². The van der Waals surface area contributed by atoms with Gasteiger partial charge in [0, 0.05) is 48.5 Å². The molecule has 10 heteroatoms. The number of rotatable bonds is 5. The predicted octanol–water partition coefficient (Wildman–Crippen LogP) is 2.56. The minimum absolute atomic E-state index is 0.271. The molecule has 0 fully saturated rings. The van der Waals surface area contributed by atoms with E-state index in [1.165, 1.54) is 0 Å². The van der Waals surface area contributed by atoms with Crippen LogP contribution in [-0.2, 0) is 29.3 Å². The van der Waals surface area contributed by atoms with Gasteiger partial charge in [-0.2, -0.15) is 0 Å². The van der Waals surface area contributed by atoms with Gasteiger partial charge in [-0.1, -0.05) is 22.0 Å². The van der Waals surface area contributed by atoms with Gasteiger partial charge in [0.2, 0.25) is 15.0 Å². The third-order valence-electron chi connectivity index (χ3n) is 5.15. The first-order valence-corrected chi connectivity index (χ1v) is 12.3. The number of benzene rings is 1.